The largest absolute Gasteiger partial charge is 0.369 e. The van der Waals surface area contributed by atoms with Crippen molar-refractivity contribution in [1.82, 2.24) is 9.97 Å². The summed E-state index contributed by atoms with van der Waals surface area (Å²) >= 11 is 0. The molecule has 2 N–H and O–H groups in total. The van der Waals surface area contributed by atoms with Crippen LogP contribution in [0.25, 0.3) is 10.9 Å². The number of aromatic nitrogens is 2. The molecule has 0 aliphatic rings. The number of fused-ring (bicyclic) bond motifs is 1. The van der Waals surface area contributed by atoms with Crippen LogP contribution in [0.4, 0.5) is 11.8 Å². The van der Waals surface area contributed by atoms with E-state index in [2.05, 4.69) is 59.2 Å². The maximum Gasteiger partial charge on any atom is 0.225 e. The molecule has 0 atom stereocenters. The lowest BCUT2D eigenvalue weighted by molar-refractivity contribution is 0.645. The summed E-state index contributed by atoms with van der Waals surface area (Å²) in [6.07, 6.45) is 8.17. The SMILES string of the molecule is C=CCNc1nc(NCCCCCCC)c2cc(C)ccc2n1. The summed E-state index contributed by atoms with van der Waals surface area (Å²) in [5, 5.41) is 7.76. The number of hydrogen-bond donors (Lipinski definition) is 2. The fourth-order valence-electron chi connectivity index (χ4n) is 2.55. The zero-order chi connectivity index (χ0) is 16.5. The first kappa shape index (κ1) is 17.3. The van der Waals surface area contributed by atoms with Gasteiger partial charge in [0.05, 0.1) is 5.52 Å². The van der Waals surface area contributed by atoms with Gasteiger partial charge in [0.15, 0.2) is 0 Å². The lowest BCUT2D eigenvalue weighted by Gasteiger charge is -2.12. The third-order valence-electron chi connectivity index (χ3n) is 3.83. The van der Waals surface area contributed by atoms with E-state index in [0.717, 1.165) is 23.3 Å². The topological polar surface area (TPSA) is 49.8 Å². The molecule has 0 aliphatic carbocycles. The summed E-state index contributed by atoms with van der Waals surface area (Å²) < 4.78 is 0. The lowest BCUT2D eigenvalue weighted by atomic mass is 10.1. The van der Waals surface area contributed by atoms with Gasteiger partial charge in [-0.1, -0.05) is 50.3 Å². The van der Waals surface area contributed by atoms with Crippen LogP contribution in [-0.2, 0) is 0 Å². The molecule has 0 saturated heterocycles. The number of aryl methyl sites for hydroxylation is 1. The Hall–Kier alpha value is -2.10. The van der Waals surface area contributed by atoms with E-state index < -0.39 is 0 Å². The number of nitrogens with one attached hydrogen (secondary N) is 2. The highest BCUT2D eigenvalue weighted by atomic mass is 15.1. The van der Waals surface area contributed by atoms with Gasteiger partial charge in [-0.3, -0.25) is 0 Å². The number of hydrogen-bond acceptors (Lipinski definition) is 4. The summed E-state index contributed by atoms with van der Waals surface area (Å²) in [4.78, 5) is 9.21. The maximum absolute atomic E-state index is 4.63. The van der Waals surface area contributed by atoms with Crippen LogP contribution in [0.2, 0.25) is 0 Å². The minimum atomic E-state index is 0.648. The predicted molar refractivity (Wildman–Crippen MR) is 100 cm³/mol. The van der Waals surface area contributed by atoms with Crippen LogP contribution in [0.3, 0.4) is 0 Å². The van der Waals surface area contributed by atoms with Crippen LogP contribution in [0.5, 0.6) is 0 Å². The lowest BCUT2D eigenvalue weighted by Crippen LogP contribution is -2.09. The first-order valence-electron chi connectivity index (χ1n) is 8.61. The molecule has 1 aromatic carbocycles. The number of benzene rings is 1. The van der Waals surface area contributed by atoms with Crippen molar-refractivity contribution in [3.8, 4) is 0 Å². The van der Waals surface area contributed by atoms with Crippen molar-refractivity contribution >= 4 is 22.7 Å². The molecule has 0 spiro atoms. The van der Waals surface area contributed by atoms with Crippen molar-refractivity contribution in [2.45, 2.75) is 46.0 Å². The minimum absolute atomic E-state index is 0.648. The Morgan fingerprint density at radius 2 is 1.91 bits per heavy atom. The Morgan fingerprint density at radius 3 is 2.70 bits per heavy atom. The first-order valence-corrected chi connectivity index (χ1v) is 8.61. The van der Waals surface area contributed by atoms with Gasteiger partial charge in [0.1, 0.15) is 5.82 Å². The highest BCUT2D eigenvalue weighted by molar-refractivity contribution is 5.90. The minimum Gasteiger partial charge on any atom is -0.369 e. The molecule has 0 fully saturated rings. The first-order chi connectivity index (χ1) is 11.2. The molecule has 0 unspecified atom stereocenters. The molecular weight excluding hydrogens is 284 g/mol. The van der Waals surface area contributed by atoms with E-state index >= 15 is 0 Å². The Balaban J connectivity index is 2.10. The molecule has 0 saturated carbocycles. The van der Waals surface area contributed by atoms with Gasteiger partial charge >= 0.3 is 0 Å². The molecule has 4 heteroatoms. The van der Waals surface area contributed by atoms with Crippen molar-refractivity contribution in [2.75, 3.05) is 23.7 Å². The quantitative estimate of drug-likeness (QED) is 0.483. The van der Waals surface area contributed by atoms with Gasteiger partial charge in [0.2, 0.25) is 5.95 Å². The third kappa shape index (κ3) is 5.23. The highest BCUT2D eigenvalue weighted by Crippen LogP contribution is 2.23. The molecule has 4 nitrogen and oxygen atoms in total. The van der Waals surface area contributed by atoms with E-state index in [1.165, 1.54) is 37.7 Å². The van der Waals surface area contributed by atoms with Crippen LogP contribution in [0, 0.1) is 6.92 Å². The molecule has 2 rings (SSSR count). The summed E-state index contributed by atoms with van der Waals surface area (Å²) in [7, 11) is 0. The number of unbranched alkanes of at least 4 members (excludes halogenated alkanes) is 4. The van der Waals surface area contributed by atoms with Gasteiger partial charge in [-0.05, 0) is 25.5 Å². The molecule has 1 aromatic heterocycles. The number of rotatable bonds is 10. The summed E-state index contributed by atoms with van der Waals surface area (Å²) in [5.74, 6) is 1.57. The molecule has 2 aromatic rings. The average Bonchev–Trinajstić information content (AvgIpc) is 2.56. The predicted octanol–water partition coefficient (Wildman–Crippen LogP) is 4.92. The van der Waals surface area contributed by atoms with Gasteiger partial charge in [0, 0.05) is 18.5 Å². The van der Waals surface area contributed by atoms with E-state index in [0.29, 0.717) is 12.5 Å². The van der Waals surface area contributed by atoms with E-state index in [1.54, 1.807) is 0 Å². The average molecular weight is 312 g/mol. The van der Waals surface area contributed by atoms with Crippen molar-refractivity contribution in [1.29, 1.82) is 0 Å². The molecule has 0 aliphatic heterocycles. The molecular formula is C19H28N4. The molecule has 23 heavy (non-hydrogen) atoms. The molecule has 1 heterocycles. The molecule has 0 bridgehead atoms. The molecule has 0 radical (unpaired) electrons. The van der Waals surface area contributed by atoms with Crippen LogP contribution in [-0.4, -0.2) is 23.1 Å². The summed E-state index contributed by atoms with van der Waals surface area (Å²) in [6.45, 7) is 9.67. The second-order valence-electron chi connectivity index (χ2n) is 5.93. The Kier molecular flexibility index (Phi) is 6.85. The van der Waals surface area contributed by atoms with Gasteiger partial charge in [-0.25, -0.2) is 4.98 Å². The zero-order valence-corrected chi connectivity index (χ0v) is 14.4. The standard InChI is InChI=1S/C19H28N4/c1-4-6-7-8-9-13-20-18-16-14-15(3)10-11-17(16)22-19(23-18)21-12-5-2/h5,10-11,14H,2,4,6-9,12-13H2,1,3H3,(H2,20,21,22,23). The highest BCUT2D eigenvalue weighted by Gasteiger charge is 2.07. The van der Waals surface area contributed by atoms with Crippen LogP contribution in [0.1, 0.15) is 44.6 Å². The van der Waals surface area contributed by atoms with Gasteiger partial charge in [0.25, 0.3) is 0 Å². The summed E-state index contributed by atoms with van der Waals surface area (Å²) in [5.41, 5.74) is 2.18. The van der Waals surface area contributed by atoms with Crippen LogP contribution in [0.15, 0.2) is 30.9 Å². The van der Waals surface area contributed by atoms with Crippen molar-refractivity contribution in [3.63, 3.8) is 0 Å². The van der Waals surface area contributed by atoms with E-state index in [1.807, 2.05) is 6.08 Å². The second kappa shape index (κ2) is 9.13. The number of nitrogens with zero attached hydrogens (tertiary/aromatic N) is 2. The van der Waals surface area contributed by atoms with E-state index in [4.69, 9.17) is 0 Å². The fraction of sp³-hybridized carbons (Fsp3) is 0.474. The van der Waals surface area contributed by atoms with Crippen molar-refractivity contribution in [3.05, 3.63) is 36.4 Å². The summed E-state index contributed by atoms with van der Waals surface area (Å²) in [6, 6.07) is 6.28. The fourth-order valence-corrected chi connectivity index (χ4v) is 2.55. The Morgan fingerprint density at radius 1 is 1.09 bits per heavy atom. The van der Waals surface area contributed by atoms with Gasteiger partial charge < -0.3 is 10.6 Å². The second-order valence-corrected chi connectivity index (χ2v) is 5.93. The Bertz CT molecular complexity index is 637. The molecule has 124 valence electrons. The Labute approximate surface area is 139 Å². The van der Waals surface area contributed by atoms with E-state index in [9.17, 15) is 0 Å². The van der Waals surface area contributed by atoms with Crippen LogP contribution < -0.4 is 10.6 Å². The molecule has 0 amide bonds. The van der Waals surface area contributed by atoms with Gasteiger partial charge in [-0.2, -0.15) is 4.98 Å². The number of anilines is 2. The van der Waals surface area contributed by atoms with Crippen molar-refractivity contribution in [2.24, 2.45) is 0 Å². The zero-order valence-electron chi connectivity index (χ0n) is 14.4. The third-order valence-corrected chi connectivity index (χ3v) is 3.83. The van der Waals surface area contributed by atoms with Gasteiger partial charge in [-0.15, -0.1) is 6.58 Å². The smallest absolute Gasteiger partial charge is 0.225 e. The van der Waals surface area contributed by atoms with E-state index in [-0.39, 0.29) is 0 Å². The maximum atomic E-state index is 4.63. The van der Waals surface area contributed by atoms with Crippen LogP contribution >= 0.6 is 0 Å². The van der Waals surface area contributed by atoms with Crippen molar-refractivity contribution < 1.29 is 0 Å². The normalized spacial score (nSPS) is 10.7. The monoisotopic (exact) mass is 312 g/mol.